The van der Waals surface area contributed by atoms with Crippen LogP contribution in [0.2, 0.25) is 0 Å². The number of carboxylic acid groups (broad SMARTS) is 1. The van der Waals surface area contributed by atoms with Crippen molar-refractivity contribution in [1.82, 2.24) is 15.2 Å². The molecule has 2 atom stereocenters. The molecule has 0 aromatic carbocycles. The molecule has 10 nitrogen and oxygen atoms in total. The average Bonchev–Trinajstić information content (AvgIpc) is 2.98. The number of anilines is 1. The van der Waals surface area contributed by atoms with E-state index in [1.54, 1.807) is 6.92 Å². The van der Waals surface area contributed by atoms with Crippen LogP contribution in [0.3, 0.4) is 0 Å². The number of β-lactam (4-membered cyclic amide) rings is 1. The number of carboxylic acids is 1. The smallest absolute Gasteiger partial charge is 0.352 e. The number of thioether (sulfide) groups is 1. The number of carbonyl (C=O) groups is 3. The fourth-order valence-electron chi connectivity index (χ4n) is 2.59. The normalized spacial score (nSPS) is 23.2. The molecule has 2 aliphatic rings. The minimum Gasteiger partial charge on any atom is -0.477 e. The number of nitrogens with zero attached hydrogens (tertiary/aromatic N) is 3. The molecule has 1 aromatic rings. The summed E-state index contributed by atoms with van der Waals surface area (Å²) in [5.41, 5.74) is 5.74. The Balaban J connectivity index is 1.76. The van der Waals surface area contributed by atoms with E-state index in [2.05, 4.69) is 15.5 Å². The Morgan fingerprint density at radius 2 is 2.24 bits per heavy atom. The van der Waals surface area contributed by atoms with E-state index in [-0.39, 0.29) is 22.2 Å². The standard InChI is InChI=1S/C13H13N5O5S2/c1-4-2-24-11-7(10(20)18(11)8(4)12(21)22)16-9(19)6(17-23)5-3-25-13(14)15-5/h3,7,11,23H,2H2,1H3,(H2,14,15)(H,16,19)(H,21,22)/t7-,11-/m1/s1. The van der Waals surface area contributed by atoms with Crippen LogP contribution in [0.4, 0.5) is 5.13 Å². The van der Waals surface area contributed by atoms with Crippen LogP contribution in [-0.4, -0.2) is 60.9 Å². The molecule has 5 N–H and O–H groups in total. The second-order valence-corrected chi connectivity index (χ2v) is 7.31. The van der Waals surface area contributed by atoms with E-state index in [9.17, 15) is 19.5 Å². The summed E-state index contributed by atoms with van der Waals surface area (Å²) in [6.07, 6.45) is 0. The molecule has 0 radical (unpaired) electrons. The molecule has 1 saturated heterocycles. The van der Waals surface area contributed by atoms with E-state index in [0.29, 0.717) is 11.3 Å². The Labute approximate surface area is 149 Å². The van der Waals surface area contributed by atoms with Crippen LogP contribution >= 0.6 is 23.1 Å². The number of rotatable bonds is 4. The minimum absolute atomic E-state index is 0.0532. The zero-order valence-electron chi connectivity index (χ0n) is 12.8. The van der Waals surface area contributed by atoms with Crippen molar-refractivity contribution in [2.24, 2.45) is 5.16 Å². The van der Waals surface area contributed by atoms with Gasteiger partial charge >= 0.3 is 5.97 Å². The second kappa shape index (κ2) is 6.37. The third kappa shape index (κ3) is 2.82. The van der Waals surface area contributed by atoms with Gasteiger partial charge < -0.3 is 21.4 Å². The van der Waals surface area contributed by atoms with Gasteiger partial charge in [0, 0.05) is 11.1 Å². The summed E-state index contributed by atoms with van der Waals surface area (Å²) in [7, 11) is 0. The molecule has 1 aromatic heterocycles. The fraction of sp³-hybridized carbons (Fsp3) is 0.308. The molecule has 0 aliphatic carbocycles. The van der Waals surface area contributed by atoms with Crippen molar-refractivity contribution in [3.63, 3.8) is 0 Å². The van der Waals surface area contributed by atoms with Crippen LogP contribution in [0.1, 0.15) is 12.6 Å². The lowest BCUT2D eigenvalue weighted by atomic mass is 10.0. The minimum atomic E-state index is -1.18. The van der Waals surface area contributed by atoms with Crippen molar-refractivity contribution < 1.29 is 24.7 Å². The van der Waals surface area contributed by atoms with Gasteiger partial charge in [-0.15, -0.1) is 23.1 Å². The van der Waals surface area contributed by atoms with Crippen LogP contribution in [0.15, 0.2) is 21.8 Å². The SMILES string of the molecule is CC1=C(C(=O)O)N2C(=O)[C@@H](NC(=O)C(=NO)c3csc(N)n3)[C@H]2SC1. The summed E-state index contributed by atoms with van der Waals surface area (Å²) in [4.78, 5) is 41.0. The quantitative estimate of drug-likeness (QED) is 0.238. The van der Waals surface area contributed by atoms with E-state index in [0.717, 1.165) is 16.2 Å². The average molecular weight is 383 g/mol. The lowest BCUT2D eigenvalue weighted by Crippen LogP contribution is -2.71. The molecular weight excluding hydrogens is 370 g/mol. The summed E-state index contributed by atoms with van der Waals surface area (Å²) in [5, 5.41) is 24.9. The molecule has 3 rings (SSSR count). The maximum atomic E-state index is 12.3. The number of aromatic nitrogens is 1. The number of hydrogen-bond acceptors (Lipinski definition) is 9. The van der Waals surface area contributed by atoms with Gasteiger partial charge in [-0.3, -0.25) is 14.5 Å². The van der Waals surface area contributed by atoms with E-state index < -0.39 is 29.2 Å². The van der Waals surface area contributed by atoms with E-state index >= 15 is 0 Å². The molecule has 2 amide bonds. The van der Waals surface area contributed by atoms with Gasteiger partial charge in [0.15, 0.2) is 10.8 Å². The van der Waals surface area contributed by atoms with Gasteiger partial charge in [-0.2, -0.15) is 0 Å². The number of aliphatic carboxylic acids is 1. The summed E-state index contributed by atoms with van der Waals surface area (Å²) in [6.45, 7) is 1.65. The van der Waals surface area contributed by atoms with Gasteiger partial charge in [0.1, 0.15) is 22.8 Å². The first-order chi connectivity index (χ1) is 11.8. The molecule has 0 spiro atoms. The number of carbonyl (C=O) groups excluding carboxylic acids is 2. The predicted molar refractivity (Wildman–Crippen MR) is 90.2 cm³/mol. The van der Waals surface area contributed by atoms with Gasteiger partial charge in [-0.1, -0.05) is 5.16 Å². The number of oxime groups is 1. The van der Waals surface area contributed by atoms with Crippen LogP contribution in [0.25, 0.3) is 0 Å². The lowest BCUT2D eigenvalue weighted by Gasteiger charge is -2.49. The highest BCUT2D eigenvalue weighted by atomic mass is 32.2. The fourth-order valence-corrected chi connectivity index (χ4v) is 4.43. The molecule has 3 heterocycles. The van der Waals surface area contributed by atoms with Crippen molar-refractivity contribution in [2.45, 2.75) is 18.3 Å². The van der Waals surface area contributed by atoms with Crippen LogP contribution in [-0.2, 0) is 14.4 Å². The number of nitrogen functional groups attached to an aromatic ring is 1. The van der Waals surface area contributed by atoms with Crippen molar-refractivity contribution in [1.29, 1.82) is 0 Å². The topological polar surface area (TPSA) is 158 Å². The Kier molecular flexibility index (Phi) is 4.39. The summed E-state index contributed by atoms with van der Waals surface area (Å²) < 4.78 is 0. The van der Waals surface area contributed by atoms with E-state index in [4.69, 9.17) is 10.9 Å². The molecule has 25 heavy (non-hydrogen) atoms. The Morgan fingerprint density at radius 1 is 1.52 bits per heavy atom. The van der Waals surface area contributed by atoms with E-state index in [1.807, 2.05) is 0 Å². The highest BCUT2D eigenvalue weighted by molar-refractivity contribution is 8.00. The maximum Gasteiger partial charge on any atom is 0.352 e. The molecule has 12 heteroatoms. The highest BCUT2D eigenvalue weighted by Gasteiger charge is 2.54. The Bertz CT molecular complexity index is 833. The van der Waals surface area contributed by atoms with Gasteiger partial charge in [-0.05, 0) is 12.5 Å². The first-order valence-corrected chi connectivity index (χ1v) is 8.90. The molecule has 132 valence electrons. The lowest BCUT2D eigenvalue weighted by molar-refractivity contribution is -0.150. The van der Waals surface area contributed by atoms with Gasteiger partial charge in [0.05, 0.1) is 0 Å². The second-order valence-electron chi connectivity index (χ2n) is 5.31. The summed E-state index contributed by atoms with van der Waals surface area (Å²) in [5.74, 6) is -2.07. The number of nitrogens with two attached hydrogens (primary N) is 1. The Morgan fingerprint density at radius 3 is 2.80 bits per heavy atom. The largest absolute Gasteiger partial charge is 0.477 e. The third-order valence-electron chi connectivity index (χ3n) is 3.73. The van der Waals surface area contributed by atoms with Crippen molar-refractivity contribution in [3.05, 3.63) is 22.3 Å². The van der Waals surface area contributed by atoms with Crippen molar-refractivity contribution in [3.8, 4) is 0 Å². The molecule has 1 fully saturated rings. The first-order valence-electron chi connectivity index (χ1n) is 6.97. The van der Waals surface area contributed by atoms with Gasteiger partial charge in [-0.25, -0.2) is 9.78 Å². The monoisotopic (exact) mass is 383 g/mol. The van der Waals surface area contributed by atoms with Crippen LogP contribution in [0, 0.1) is 0 Å². The third-order valence-corrected chi connectivity index (χ3v) is 5.83. The van der Waals surface area contributed by atoms with Crippen molar-refractivity contribution in [2.75, 3.05) is 11.5 Å². The Hall–Kier alpha value is -2.60. The maximum absolute atomic E-state index is 12.3. The van der Waals surface area contributed by atoms with Gasteiger partial charge in [0.2, 0.25) is 0 Å². The molecule has 0 unspecified atom stereocenters. The first kappa shape index (κ1) is 17.2. The number of hydrogen-bond donors (Lipinski definition) is 4. The molecule has 0 saturated carbocycles. The van der Waals surface area contributed by atoms with E-state index in [1.165, 1.54) is 17.1 Å². The van der Waals surface area contributed by atoms with Gasteiger partial charge in [0.25, 0.3) is 11.8 Å². The zero-order valence-corrected chi connectivity index (χ0v) is 14.4. The predicted octanol–water partition coefficient (Wildman–Crippen LogP) is -0.338. The van der Waals surface area contributed by atoms with Crippen LogP contribution in [0.5, 0.6) is 0 Å². The number of thiazole rings is 1. The summed E-state index contributed by atoms with van der Waals surface area (Å²) in [6, 6.07) is -0.910. The number of fused-ring (bicyclic) bond motifs is 1. The van der Waals surface area contributed by atoms with Crippen LogP contribution < -0.4 is 11.1 Å². The zero-order chi connectivity index (χ0) is 18.3. The number of amides is 2. The molecular formula is C13H13N5O5S2. The molecule has 0 bridgehead atoms. The molecule has 2 aliphatic heterocycles. The summed E-state index contributed by atoms with van der Waals surface area (Å²) >= 11 is 2.42. The number of nitrogens with one attached hydrogen (secondary N) is 1. The highest BCUT2D eigenvalue weighted by Crippen LogP contribution is 2.40. The van der Waals surface area contributed by atoms with Crippen molar-refractivity contribution >= 4 is 51.7 Å².